The van der Waals surface area contributed by atoms with Crippen molar-refractivity contribution >= 4 is 0 Å². The lowest BCUT2D eigenvalue weighted by atomic mass is 10.3. The molecule has 0 aromatic carbocycles. The first-order valence-corrected chi connectivity index (χ1v) is 4.32. The number of unbranched alkanes of at least 4 members (excludes halogenated alkanes) is 1. The third-order valence-electron chi connectivity index (χ3n) is 1.54. The van der Waals surface area contributed by atoms with E-state index in [0.717, 1.165) is 12.8 Å². The minimum Gasteiger partial charge on any atom is -0.385 e. The molecule has 0 aliphatic rings. The van der Waals surface area contributed by atoms with Crippen molar-refractivity contribution in [2.24, 2.45) is 0 Å². The number of methoxy groups -OCH3 is 1. The lowest BCUT2D eigenvalue weighted by Gasteiger charge is -2.07. The maximum Gasteiger partial charge on any atom is 0.390 e. The minimum absolute atomic E-state index is 0.0104. The Bertz CT molecular complexity index is 116. The highest BCUT2D eigenvalue weighted by molar-refractivity contribution is 4.54. The molecular formula is C8H16F3NO. The van der Waals surface area contributed by atoms with Gasteiger partial charge in [-0.25, -0.2) is 0 Å². The van der Waals surface area contributed by atoms with Gasteiger partial charge in [-0.2, -0.15) is 13.2 Å². The molecule has 0 rings (SSSR count). The van der Waals surface area contributed by atoms with Crippen molar-refractivity contribution < 1.29 is 17.9 Å². The van der Waals surface area contributed by atoms with E-state index in [1.165, 1.54) is 0 Å². The van der Waals surface area contributed by atoms with Crippen LogP contribution in [0.3, 0.4) is 0 Å². The van der Waals surface area contributed by atoms with E-state index in [1.54, 1.807) is 7.11 Å². The first kappa shape index (κ1) is 12.7. The Morgan fingerprint density at radius 1 is 1.15 bits per heavy atom. The van der Waals surface area contributed by atoms with Gasteiger partial charge in [0.2, 0.25) is 0 Å². The summed E-state index contributed by atoms with van der Waals surface area (Å²) in [4.78, 5) is 0. The van der Waals surface area contributed by atoms with Crippen molar-refractivity contribution in [1.29, 1.82) is 0 Å². The van der Waals surface area contributed by atoms with Crippen LogP contribution in [0.2, 0.25) is 0 Å². The van der Waals surface area contributed by atoms with Crippen molar-refractivity contribution in [3.63, 3.8) is 0 Å². The van der Waals surface area contributed by atoms with Crippen LogP contribution in [0.15, 0.2) is 0 Å². The molecule has 0 aromatic heterocycles. The standard InChI is InChI=1S/C8H16F3NO/c1-13-7-3-2-5-12-6-4-8(9,10)11/h12H,2-7H2,1H3. The molecule has 0 fully saturated rings. The zero-order valence-corrected chi connectivity index (χ0v) is 7.78. The highest BCUT2D eigenvalue weighted by atomic mass is 19.4. The summed E-state index contributed by atoms with van der Waals surface area (Å²) >= 11 is 0. The van der Waals surface area contributed by atoms with Crippen LogP contribution in [0.4, 0.5) is 13.2 Å². The lowest BCUT2D eigenvalue weighted by Crippen LogP contribution is -2.22. The second-order valence-corrected chi connectivity index (χ2v) is 2.82. The van der Waals surface area contributed by atoms with Crippen LogP contribution in [-0.2, 0) is 4.74 Å². The summed E-state index contributed by atoms with van der Waals surface area (Å²) in [6, 6.07) is 0. The number of alkyl halides is 3. The molecule has 5 heteroatoms. The quantitative estimate of drug-likeness (QED) is 0.633. The summed E-state index contributed by atoms with van der Waals surface area (Å²) in [5.41, 5.74) is 0. The summed E-state index contributed by atoms with van der Waals surface area (Å²) < 4.78 is 39.7. The lowest BCUT2D eigenvalue weighted by molar-refractivity contribution is -0.133. The molecular weight excluding hydrogens is 183 g/mol. The third kappa shape index (κ3) is 11.7. The number of hydrogen-bond donors (Lipinski definition) is 1. The zero-order chi connectivity index (χ0) is 10.2. The molecule has 0 saturated carbocycles. The van der Waals surface area contributed by atoms with E-state index in [-0.39, 0.29) is 6.54 Å². The Balaban J connectivity index is 3.00. The molecule has 0 aromatic rings. The summed E-state index contributed by atoms with van der Waals surface area (Å²) in [7, 11) is 1.61. The monoisotopic (exact) mass is 199 g/mol. The summed E-state index contributed by atoms with van der Waals surface area (Å²) in [5, 5.41) is 2.73. The van der Waals surface area contributed by atoms with E-state index in [4.69, 9.17) is 4.74 Å². The summed E-state index contributed by atoms with van der Waals surface area (Å²) in [5.74, 6) is 0. The number of rotatable bonds is 7. The second-order valence-electron chi connectivity index (χ2n) is 2.82. The van der Waals surface area contributed by atoms with Crippen molar-refractivity contribution in [3.05, 3.63) is 0 Å². The van der Waals surface area contributed by atoms with Crippen molar-refractivity contribution in [3.8, 4) is 0 Å². The highest BCUT2D eigenvalue weighted by Crippen LogP contribution is 2.17. The van der Waals surface area contributed by atoms with Gasteiger partial charge in [0.05, 0.1) is 6.42 Å². The second kappa shape index (κ2) is 7.15. The van der Waals surface area contributed by atoms with Crippen LogP contribution in [0.5, 0.6) is 0 Å². The van der Waals surface area contributed by atoms with Crippen molar-refractivity contribution in [2.75, 3.05) is 26.8 Å². The number of hydrogen-bond acceptors (Lipinski definition) is 2. The van der Waals surface area contributed by atoms with E-state index in [0.29, 0.717) is 13.2 Å². The minimum atomic E-state index is -4.04. The Morgan fingerprint density at radius 3 is 2.38 bits per heavy atom. The fourth-order valence-corrected chi connectivity index (χ4v) is 0.852. The molecule has 0 heterocycles. The van der Waals surface area contributed by atoms with Gasteiger partial charge in [0.15, 0.2) is 0 Å². The van der Waals surface area contributed by atoms with Crippen molar-refractivity contribution in [1.82, 2.24) is 5.32 Å². The summed E-state index contributed by atoms with van der Waals surface area (Å²) in [6.07, 6.45) is -3.06. The maximum atomic E-state index is 11.6. The summed E-state index contributed by atoms with van der Waals surface area (Å²) in [6.45, 7) is 1.30. The predicted octanol–water partition coefficient (Wildman–Crippen LogP) is 1.96. The van der Waals surface area contributed by atoms with Crippen LogP contribution in [0, 0.1) is 0 Å². The Kier molecular flexibility index (Phi) is 6.99. The van der Waals surface area contributed by atoms with Crippen LogP contribution >= 0.6 is 0 Å². The fourth-order valence-electron chi connectivity index (χ4n) is 0.852. The molecule has 1 N–H and O–H groups in total. The number of nitrogens with one attached hydrogen (secondary N) is 1. The maximum absolute atomic E-state index is 11.6. The molecule has 0 amide bonds. The van der Waals surface area contributed by atoms with Crippen LogP contribution in [0.25, 0.3) is 0 Å². The van der Waals surface area contributed by atoms with Gasteiger partial charge in [-0.3, -0.25) is 0 Å². The molecule has 0 unspecified atom stereocenters. The normalized spacial score (nSPS) is 12.0. The molecule has 2 nitrogen and oxygen atoms in total. The van der Waals surface area contributed by atoms with E-state index in [1.807, 2.05) is 0 Å². The van der Waals surface area contributed by atoms with E-state index >= 15 is 0 Å². The average molecular weight is 199 g/mol. The molecule has 0 radical (unpaired) electrons. The van der Waals surface area contributed by atoms with Gasteiger partial charge in [-0.1, -0.05) is 0 Å². The topological polar surface area (TPSA) is 21.3 Å². The molecule has 13 heavy (non-hydrogen) atoms. The largest absolute Gasteiger partial charge is 0.390 e. The Hall–Kier alpha value is -0.290. The molecule has 0 spiro atoms. The van der Waals surface area contributed by atoms with E-state index in [2.05, 4.69) is 5.32 Å². The molecule has 0 aliphatic carbocycles. The van der Waals surface area contributed by atoms with Crippen LogP contribution in [-0.4, -0.2) is 33.0 Å². The van der Waals surface area contributed by atoms with Crippen LogP contribution < -0.4 is 5.32 Å². The smallest absolute Gasteiger partial charge is 0.385 e. The molecule has 0 saturated heterocycles. The first-order chi connectivity index (χ1) is 6.06. The van der Waals surface area contributed by atoms with Gasteiger partial charge in [0, 0.05) is 20.3 Å². The first-order valence-electron chi connectivity index (χ1n) is 4.32. The Labute approximate surface area is 76.5 Å². The van der Waals surface area contributed by atoms with Gasteiger partial charge in [0.1, 0.15) is 0 Å². The van der Waals surface area contributed by atoms with Gasteiger partial charge in [-0.05, 0) is 19.4 Å². The fraction of sp³-hybridized carbons (Fsp3) is 1.00. The molecule has 0 aliphatic heterocycles. The van der Waals surface area contributed by atoms with Gasteiger partial charge >= 0.3 is 6.18 Å². The molecule has 0 atom stereocenters. The number of ether oxygens (including phenoxy) is 1. The van der Waals surface area contributed by atoms with E-state index < -0.39 is 12.6 Å². The third-order valence-corrected chi connectivity index (χ3v) is 1.54. The number of halogens is 3. The van der Waals surface area contributed by atoms with Crippen LogP contribution in [0.1, 0.15) is 19.3 Å². The predicted molar refractivity (Wildman–Crippen MR) is 44.7 cm³/mol. The highest BCUT2D eigenvalue weighted by Gasteiger charge is 2.25. The SMILES string of the molecule is COCCCCNCCC(F)(F)F. The average Bonchev–Trinajstić information content (AvgIpc) is 2.01. The zero-order valence-electron chi connectivity index (χ0n) is 7.78. The van der Waals surface area contributed by atoms with Gasteiger partial charge < -0.3 is 10.1 Å². The Morgan fingerprint density at radius 2 is 1.85 bits per heavy atom. The van der Waals surface area contributed by atoms with Gasteiger partial charge in [0.25, 0.3) is 0 Å². The van der Waals surface area contributed by atoms with E-state index in [9.17, 15) is 13.2 Å². The molecule has 80 valence electrons. The van der Waals surface area contributed by atoms with Crippen molar-refractivity contribution in [2.45, 2.75) is 25.4 Å². The molecule has 0 bridgehead atoms. The van der Waals surface area contributed by atoms with Gasteiger partial charge in [-0.15, -0.1) is 0 Å².